The van der Waals surface area contributed by atoms with Crippen LogP contribution in [0.1, 0.15) is 19.3 Å². The first-order chi connectivity index (χ1) is 4.84. The van der Waals surface area contributed by atoms with Crippen LogP contribution in [0.25, 0.3) is 0 Å². The number of nitrogens with zero attached hydrogens (tertiary/aromatic N) is 2. The fourth-order valence-corrected chi connectivity index (χ4v) is 1.20. The van der Waals surface area contributed by atoms with Gasteiger partial charge in [-0.15, -0.1) is 5.10 Å². The van der Waals surface area contributed by atoms with Crippen LogP contribution < -0.4 is 11.6 Å². The van der Waals surface area contributed by atoms with E-state index >= 15 is 0 Å². The molecule has 58 valence electrons. The van der Waals surface area contributed by atoms with Crippen molar-refractivity contribution < 1.29 is 0 Å². The van der Waals surface area contributed by atoms with Gasteiger partial charge in [0.1, 0.15) is 0 Å². The van der Waals surface area contributed by atoms with Crippen molar-refractivity contribution in [3.8, 4) is 0 Å². The van der Waals surface area contributed by atoms with E-state index in [9.17, 15) is 0 Å². The van der Waals surface area contributed by atoms with Crippen LogP contribution >= 0.6 is 0 Å². The molecule has 1 aliphatic heterocycles. The van der Waals surface area contributed by atoms with Crippen molar-refractivity contribution in [3.63, 3.8) is 0 Å². The lowest BCUT2D eigenvalue weighted by molar-refractivity contribution is 0.338. The molecule has 1 fully saturated rings. The summed E-state index contributed by atoms with van der Waals surface area (Å²) in [6.07, 6.45) is 3.71. The molecule has 1 aliphatic rings. The van der Waals surface area contributed by atoms with Gasteiger partial charge in [-0.3, -0.25) is 0 Å². The quantitative estimate of drug-likeness (QED) is 0.210. The number of guanidine groups is 1. The Hall–Kier alpha value is -0.930. The predicted octanol–water partition coefficient (Wildman–Crippen LogP) is -0.339. The highest BCUT2D eigenvalue weighted by atomic mass is 15.3. The van der Waals surface area contributed by atoms with Gasteiger partial charge in [0.15, 0.2) is 0 Å². The van der Waals surface area contributed by atoms with Crippen LogP contribution in [0.5, 0.6) is 0 Å². The van der Waals surface area contributed by atoms with E-state index in [0.717, 1.165) is 13.1 Å². The van der Waals surface area contributed by atoms with Crippen molar-refractivity contribution in [2.45, 2.75) is 19.3 Å². The molecule has 0 aromatic heterocycles. The first-order valence-electron chi connectivity index (χ1n) is 3.63. The molecule has 1 rings (SSSR count). The third-order valence-corrected chi connectivity index (χ3v) is 1.81. The molecule has 4 nitrogen and oxygen atoms in total. The minimum atomic E-state index is 0.472. The van der Waals surface area contributed by atoms with E-state index in [0.29, 0.717) is 5.96 Å². The van der Waals surface area contributed by atoms with E-state index in [2.05, 4.69) is 5.10 Å². The Morgan fingerprint density at radius 2 is 1.80 bits per heavy atom. The molecule has 1 heterocycles. The average Bonchev–Trinajstić information content (AvgIpc) is 2.05. The minimum Gasteiger partial charge on any atom is -0.368 e. The van der Waals surface area contributed by atoms with Crippen molar-refractivity contribution in [2.24, 2.45) is 16.7 Å². The van der Waals surface area contributed by atoms with Gasteiger partial charge in [-0.2, -0.15) is 0 Å². The molecule has 0 atom stereocenters. The lowest BCUT2D eigenvalue weighted by atomic mass is 10.1. The van der Waals surface area contributed by atoms with Gasteiger partial charge in [0.25, 0.3) is 0 Å². The summed E-state index contributed by atoms with van der Waals surface area (Å²) in [6, 6.07) is 0. The van der Waals surface area contributed by atoms with Gasteiger partial charge < -0.3 is 16.5 Å². The van der Waals surface area contributed by atoms with E-state index in [1.165, 1.54) is 19.3 Å². The third kappa shape index (κ3) is 1.52. The SMILES string of the molecule is N/N=C(\N)N1CCCCC1. The Kier molecular flexibility index (Phi) is 2.36. The third-order valence-electron chi connectivity index (χ3n) is 1.81. The van der Waals surface area contributed by atoms with Crippen LogP contribution in [0.2, 0.25) is 0 Å². The van der Waals surface area contributed by atoms with Gasteiger partial charge >= 0.3 is 0 Å². The van der Waals surface area contributed by atoms with Crippen LogP contribution in [0, 0.1) is 0 Å². The predicted molar refractivity (Wildman–Crippen MR) is 41.2 cm³/mol. The van der Waals surface area contributed by atoms with Gasteiger partial charge in [0.05, 0.1) is 0 Å². The molecule has 0 aromatic carbocycles. The highest BCUT2D eigenvalue weighted by Gasteiger charge is 2.10. The van der Waals surface area contributed by atoms with Gasteiger partial charge in [0, 0.05) is 13.1 Å². The van der Waals surface area contributed by atoms with Crippen LogP contribution in [0.15, 0.2) is 5.10 Å². The molecule has 0 saturated carbocycles. The average molecular weight is 142 g/mol. The topological polar surface area (TPSA) is 67.6 Å². The summed E-state index contributed by atoms with van der Waals surface area (Å²) in [4.78, 5) is 2.02. The molecule has 1 saturated heterocycles. The maximum Gasteiger partial charge on any atom is 0.213 e. The second kappa shape index (κ2) is 3.29. The number of piperidine rings is 1. The Balaban J connectivity index is 2.39. The molecular formula is C6H14N4. The van der Waals surface area contributed by atoms with Crippen LogP contribution in [0.3, 0.4) is 0 Å². The number of nitrogens with two attached hydrogens (primary N) is 2. The summed E-state index contributed by atoms with van der Waals surface area (Å²) in [5, 5.41) is 3.43. The van der Waals surface area contributed by atoms with Crippen molar-refractivity contribution in [1.82, 2.24) is 4.90 Å². The van der Waals surface area contributed by atoms with Crippen LogP contribution in [-0.4, -0.2) is 23.9 Å². The minimum absolute atomic E-state index is 0.472. The van der Waals surface area contributed by atoms with Gasteiger partial charge in [-0.05, 0) is 19.3 Å². The number of hydrazone groups is 1. The van der Waals surface area contributed by atoms with Crippen molar-refractivity contribution in [1.29, 1.82) is 0 Å². The van der Waals surface area contributed by atoms with Crippen LogP contribution in [0.4, 0.5) is 0 Å². The number of likely N-dealkylation sites (tertiary alicyclic amines) is 1. The molecule has 0 aromatic rings. The Morgan fingerprint density at radius 3 is 2.30 bits per heavy atom. The Morgan fingerprint density at radius 1 is 1.20 bits per heavy atom. The van der Waals surface area contributed by atoms with Crippen LogP contribution in [-0.2, 0) is 0 Å². The lowest BCUT2D eigenvalue weighted by Gasteiger charge is -2.26. The Bertz CT molecular complexity index is 126. The molecule has 4 heteroatoms. The fraction of sp³-hybridized carbons (Fsp3) is 0.833. The fourth-order valence-electron chi connectivity index (χ4n) is 1.20. The number of hydrogen-bond acceptors (Lipinski definition) is 2. The molecule has 0 aliphatic carbocycles. The van der Waals surface area contributed by atoms with Gasteiger partial charge in [-0.25, -0.2) is 0 Å². The normalized spacial score (nSPS) is 21.2. The molecular weight excluding hydrogens is 128 g/mol. The highest BCUT2D eigenvalue weighted by Crippen LogP contribution is 2.07. The number of hydrogen-bond donors (Lipinski definition) is 2. The van der Waals surface area contributed by atoms with E-state index in [-0.39, 0.29) is 0 Å². The maximum atomic E-state index is 5.50. The molecule has 0 unspecified atom stereocenters. The zero-order chi connectivity index (χ0) is 7.40. The second-order valence-corrected chi connectivity index (χ2v) is 2.54. The first kappa shape index (κ1) is 7.18. The number of rotatable bonds is 0. The molecule has 0 bridgehead atoms. The van der Waals surface area contributed by atoms with Gasteiger partial charge in [0.2, 0.25) is 5.96 Å². The molecule has 10 heavy (non-hydrogen) atoms. The van der Waals surface area contributed by atoms with Crippen molar-refractivity contribution in [3.05, 3.63) is 0 Å². The summed E-state index contributed by atoms with van der Waals surface area (Å²) in [6.45, 7) is 2.01. The van der Waals surface area contributed by atoms with E-state index < -0.39 is 0 Å². The monoisotopic (exact) mass is 142 g/mol. The van der Waals surface area contributed by atoms with Gasteiger partial charge in [-0.1, -0.05) is 0 Å². The highest BCUT2D eigenvalue weighted by molar-refractivity contribution is 5.77. The molecule has 4 N–H and O–H groups in total. The molecule has 0 radical (unpaired) electrons. The van der Waals surface area contributed by atoms with E-state index in [1.54, 1.807) is 0 Å². The van der Waals surface area contributed by atoms with Crippen molar-refractivity contribution >= 4 is 5.96 Å². The summed E-state index contributed by atoms with van der Waals surface area (Å²) in [5.41, 5.74) is 5.50. The Labute approximate surface area is 60.9 Å². The summed E-state index contributed by atoms with van der Waals surface area (Å²) in [5.74, 6) is 5.50. The standard InChI is InChI=1S/C6H14N4/c7-6(9-8)10-4-2-1-3-5-10/h1-5,8H2,(H2,7,9). The molecule has 0 amide bonds. The lowest BCUT2D eigenvalue weighted by Crippen LogP contribution is -2.41. The molecule has 0 spiro atoms. The largest absolute Gasteiger partial charge is 0.368 e. The maximum absolute atomic E-state index is 5.50. The first-order valence-corrected chi connectivity index (χ1v) is 3.63. The second-order valence-electron chi connectivity index (χ2n) is 2.54. The zero-order valence-electron chi connectivity index (χ0n) is 6.08. The summed E-state index contributed by atoms with van der Waals surface area (Å²) < 4.78 is 0. The summed E-state index contributed by atoms with van der Waals surface area (Å²) in [7, 11) is 0. The van der Waals surface area contributed by atoms with E-state index in [4.69, 9.17) is 11.6 Å². The van der Waals surface area contributed by atoms with E-state index in [1.807, 2.05) is 4.90 Å². The summed E-state index contributed by atoms with van der Waals surface area (Å²) >= 11 is 0. The zero-order valence-corrected chi connectivity index (χ0v) is 6.08. The smallest absolute Gasteiger partial charge is 0.213 e. The van der Waals surface area contributed by atoms with Crippen molar-refractivity contribution in [2.75, 3.05) is 13.1 Å².